The van der Waals surface area contributed by atoms with Crippen LogP contribution in [0.15, 0.2) is 66.2 Å². The molecule has 0 aromatic heterocycles. The lowest BCUT2D eigenvalue weighted by atomic mass is 9.93. The summed E-state index contributed by atoms with van der Waals surface area (Å²) >= 11 is 0. The van der Waals surface area contributed by atoms with Crippen molar-refractivity contribution in [1.29, 1.82) is 0 Å². The van der Waals surface area contributed by atoms with Gasteiger partial charge in [-0.25, -0.2) is 0 Å². The maximum absolute atomic E-state index is 13.1. The molecule has 9 heteroatoms. The second kappa shape index (κ2) is 7.04. The number of carbonyl (C=O) groups excluding carboxylic acids is 1. The Morgan fingerprint density at radius 1 is 0.871 bits per heavy atom. The van der Waals surface area contributed by atoms with Crippen LogP contribution in [0.2, 0.25) is 0 Å². The standard InChI is InChI=1S/C22H13F6NO2/c23-21(24,25)13-6-8-14(9-7-13)29-11-17(20(31)22(26,27)28)19(30)16-10-5-12-3-1-2-4-15(12)18(16)29/h1-10,30H,11H2. The highest BCUT2D eigenvalue weighted by Gasteiger charge is 2.44. The van der Waals surface area contributed by atoms with Gasteiger partial charge < -0.3 is 10.0 Å². The molecule has 0 bridgehead atoms. The Hall–Kier alpha value is -3.49. The molecule has 1 N–H and O–H groups in total. The summed E-state index contributed by atoms with van der Waals surface area (Å²) in [6.45, 7) is -0.656. The molecular weight excluding hydrogens is 424 g/mol. The van der Waals surface area contributed by atoms with Crippen LogP contribution in [0.25, 0.3) is 16.5 Å². The quantitative estimate of drug-likeness (QED) is 0.471. The Labute approximate surface area is 171 Å². The topological polar surface area (TPSA) is 40.5 Å². The van der Waals surface area contributed by atoms with Gasteiger partial charge in [-0.05, 0) is 35.7 Å². The van der Waals surface area contributed by atoms with Gasteiger partial charge in [0.05, 0.1) is 23.4 Å². The van der Waals surface area contributed by atoms with E-state index in [-0.39, 0.29) is 11.3 Å². The maximum atomic E-state index is 13.1. The maximum Gasteiger partial charge on any atom is 0.454 e. The molecule has 1 heterocycles. The fourth-order valence-electron chi connectivity index (χ4n) is 3.61. The average molecular weight is 437 g/mol. The van der Waals surface area contributed by atoms with E-state index in [2.05, 4.69) is 0 Å². The molecule has 160 valence electrons. The smallest absolute Gasteiger partial charge is 0.454 e. The lowest BCUT2D eigenvalue weighted by Crippen LogP contribution is -2.35. The van der Waals surface area contributed by atoms with Gasteiger partial charge in [0.15, 0.2) is 0 Å². The third-order valence-electron chi connectivity index (χ3n) is 5.07. The van der Waals surface area contributed by atoms with Crippen molar-refractivity contribution in [3.8, 4) is 0 Å². The summed E-state index contributed by atoms with van der Waals surface area (Å²) in [5, 5.41) is 11.8. The van der Waals surface area contributed by atoms with Crippen molar-refractivity contribution < 1.29 is 36.2 Å². The number of hydrogen-bond donors (Lipinski definition) is 1. The third-order valence-corrected chi connectivity index (χ3v) is 5.07. The van der Waals surface area contributed by atoms with Crippen LogP contribution in [0.3, 0.4) is 0 Å². The van der Waals surface area contributed by atoms with E-state index < -0.39 is 41.6 Å². The van der Waals surface area contributed by atoms with E-state index in [4.69, 9.17) is 0 Å². The number of nitrogens with zero attached hydrogens (tertiary/aromatic N) is 1. The molecule has 0 spiro atoms. The van der Waals surface area contributed by atoms with Crippen molar-refractivity contribution in [1.82, 2.24) is 0 Å². The molecule has 0 fully saturated rings. The molecule has 31 heavy (non-hydrogen) atoms. The van der Waals surface area contributed by atoms with Gasteiger partial charge in [0.25, 0.3) is 5.78 Å². The number of benzene rings is 3. The van der Waals surface area contributed by atoms with Crippen molar-refractivity contribution >= 4 is 33.7 Å². The second-order valence-corrected chi connectivity index (χ2v) is 6.97. The fraction of sp³-hybridized carbons (Fsp3) is 0.136. The molecule has 3 nitrogen and oxygen atoms in total. The first-order valence-corrected chi connectivity index (χ1v) is 8.99. The van der Waals surface area contributed by atoms with Gasteiger partial charge in [0.2, 0.25) is 0 Å². The van der Waals surface area contributed by atoms with E-state index in [1.54, 1.807) is 30.3 Å². The molecule has 0 atom stereocenters. The van der Waals surface area contributed by atoms with Crippen LogP contribution in [-0.4, -0.2) is 23.6 Å². The number of halogens is 6. The minimum atomic E-state index is -5.22. The number of Topliss-reactive ketones (excluding diaryl/α,β-unsaturated/α-hetero) is 1. The Balaban J connectivity index is 1.95. The van der Waals surface area contributed by atoms with Crippen LogP contribution in [0.5, 0.6) is 0 Å². The first kappa shape index (κ1) is 20.8. The van der Waals surface area contributed by atoms with Gasteiger partial charge >= 0.3 is 12.4 Å². The summed E-state index contributed by atoms with van der Waals surface area (Å²) in [5.74, 6) is -3.01. The highest BCUT2D eigenvalue weighted by atomic mass is 19.4. The van der Waals surface area contributed by atoms with Crippen LogP contribution < -0.4 is 4.90 Å². The molecule has 0 saturated carbocycles. The zero-order chi connectivity index (χ0) is 22.6. The SMILES string of the molecule is O=C(C1=C(O)c2ccc3ccccc3c2N(c2ccc(C(F)(F)F)cc2)C1)C(F)(F)F. The van der Waals surface area contributed by atoms with E-state index in [0.717, 1.165) is 24.3 Å². The van der Waals surface area contributed by atoms with Crippen LogP contribution in [-0.2, 0) is 11.0 Å². The number of aliphatic hydroxyl groups excluding tert-OH is 1. The van der Waals surface area contributed by atoms with Gasteiger partial charge in [-0.3, -0.25) is 4.79 Å². The predicted molar refractivity (Wildman–Crippen MR) is 103 cm³/mol. The second-order valence-electron chi connectivity index (χ2n) is 6.97. The number of anilines is 2. The summed E-state index contributed by atoms with van der Waals surface area (Å²) in [4.78, 5) is 13.2. The van der Waals surface area contributed by atoms with E-state index in [0.29, 0.717) is 16.5 Å². The summed E-state index contributed by atoms with van der Waals surface area (Å²) < 4.78 is 78.1. The summed E-state index contributed by atoms with van der Waals surface area (Å²) in [5.41, 5.74) is -1.37. The van der Waals surface area contributed by atoms with Crippen molar-refractivity contribution in [2.75, 3.05) is 11.4 Å². The van der Waals surface area contributed by atoms with Gasteiger partial charge in [0, 0.05) is 16.6 Å². The Morgan fingerprint density at radius 3 is 2.13 bits per heavy atom. The molecule has 0 radical (unpaired) electrons. The number of carbonyl (C=O) groups is 1. The highest BCUT2D eigenvalue weighted by molar-refractivity contribution is 6.11. The normalized spacial score (nSPS) is 14.7. The van der Waals surface area contributed by atoms with E-state index in [1.807, 2.05) is 0 Å². The number of hydrogen-bond acceptors (Lipinski definition) is 3. The van der Waals surface area contributed by atoms with Crippen molar-refractivity contribution in [3.05, 3.63) is 77.4 Å². The monoisotopic (exact) mass is 437 g/mol. The van der Waals surface area contributed by atoms with Crippen LogP contribution in [0.4, 0.5) is 37.7 Å². The van der Waals surface area contributed by atoms with Crippen LogP contribution in [0.1, 0.15) is 11.1 Å². The Morgan fingerprint density at radius 2 is 1.52 bits per heavy atom. The number of alkyl halides is 6. The minimum Gasteiger partial charge on any atom is -0.507 e. The molecule has 1 aliphatic heterocycles. The Bertz CT molecular complexity index is 1210. The third kappa shape index (κ3) is 3.60. The molecule has 3 aromatic rings. The van der Waals surface area contributed by atoms with Crippen LogP contribution >= 0.6 is 0 Å². The molecule has 4 rings (SSSR count). The molecule has 0 unspecified atom stereocenters. The molecule has 0 saturated heterocycles. The van der Waals surface area contributed by atoms with Crippen LogP contribution in [0, 0.1) is 0 Å². The van der Waals surface area contributed by atoms with Gasteiger partial charge in [-0.15, -0.1) is 0 Å². The molecule has 3 aromatic carbocycles. The van der Waals surface area contributed by atoms with Gasteiger partial charge in [-0.1, -0.05) is 30.3 Å². The van der Waals surface area contributed by atoms with E-state index >= 15 is 0 Å². The number of fused-ring (bicyclic) bond motifs is 3. The van der Waals surface area contributed by atoms with E-state index in [1.165, 1.54) is 11.0 Å². The van der Waals surface area contributed by atoms with Crippen molar-refractivity contribution in [2.24, 2.45) is 0 Å². The molecule has 0 amide bonds. The number of ketones is 1. The lowest BCUT2D eigenvalue weighted by Gasteiger charge is -2.33. The lowest BCUT2D eigenvalue weighted by molar-refractivity contribution is -0.166. The number of rotatable bonds is 2. The molecule has 0 aliphatic carbocycles. The summed E-state index contributed by atoms with van der Waals surface area (Å²) in [6, 6.07) is 13.7. The predicted octanol–water partition coefficient (Wildman–Crippen LogP) is 6.41. The molecule has 1 aliphatic rings. The van der Waals surface area contributed by atoms with Crippen molar-refractivity contribution in [2.45, 2.75) is 12.4 Å². The summed E-state index contributed by atoms with van der Waals surface area (Å²) in [6.07, 6.45) is -9.80. The van der Waals surface area contributed by atoms with E-state index in [9.17, 15) is 36.2 Å². The number of aliphatic hydroxyl groups is 1. The fourth-order valence-corrected chi connectivity index (χ4v) is 3.61. The first-order valence-electron chi connectivity index (χ1n) is 8.99. The average Bonchev–Trinajstić information content (AvgIpc) is 2.72. The molecular formula is C22H13F6NO2. The largest absolute Gasteiger partial charge is 0.507 e. The van der Waals surface area contributed by atoms with Gasteiger partial charge in [0.1, 0.15) is 5.76 Å². The zero-order valence-electron chi connectivity index (χ0n) is 15.6. The van der Waals surface area contributed by atoms with Crippen molar-refractivity contribution in [3.63, 3.8) is 0 Å². The zero-order valence-corrected chi connectivity index (χ0v) is 15.6. The first-order chi connectivity index (χ1) is 14.5. The highest BCUT2D eigenvalue weighted by Crippen LogP contribution is 2.44. The minimum absolute atomic E-state index is 0.0163. The summed E-state index contributed by atoms with van der Waals surface area (Å²) in [7, 11) is 0. The van der Waals surface area contributed by atoms with Gasteiger partial charge in [-0.2, -0.15) is 26.3 Å². The Kier molecular flexibility index (Phi) is 4.72.